The van der Waals surface area contributed by atoms with Crippen LogP contribution in [0.5, 0.6) is 0 Å². The minimum Gasteiger partial charge on any atom is -0.327 e. The average Bonchev–Trinajstić information content (AvgIpc) is 3.15. The van der Waals surface area contributed by atoms with E-state index in [1.165, 1.54) is 12.1 Å². The number of fused-ring (bicyclic) bond motifs is 1. The zero-order valence-electron chi connectivity index (χ0n) is 15.2. The number of benzene rings is 2. The third-order valence-electron chi connectivity index (χ3n) is 4.66. The summed E-state index contributed by atoms with van der Waals surface area (Å²) >= 11 is 0. The third-order valence-corrected chi connectivity index (χ3v) is 4.66. The second kappa shape index (κ2) is 7.09. The van der Waals surface area contributed by atoms with Crippen molar-refractivity contribution in [2.45, 2.75) is 13.0 Å². The number of anilines is 1. The summed E-state index contributed by atoms with van der Waals surface area (Å²) in [5.74, 6) is -1.11. The van der Waals surface area contributed by atoms with Crippen LogP contribution in [0.3, 0.4) is 0 Å². The Morgan fingerprint density at radius 3 is 2.90 bits per heavy atom. The van der Waals surface area contributed by atoms with Crippen molar-refractivity contribution in [1.82, 2.24) is 20.8 Å². The normalized spacial score (nSPS) is 16.2. The number of nitriles is 1. The zero-order valence-corrected chi connectivity index (χ0v) is 15.2. The lowest BCUT2D eigenvalue weighted by Gasteiger charge is -2.28. The summed E-state index contributed by atoms with van der Waals surface area (Å²) in [6, 6.07) is 9.61. The molecular weight excluding hydrogens is 375 g/mol. The van der Waals surface area contributed by atoms with Crippen LogP contribution in [0.2, 0.25) is 0 Å². The van der Waals surface area contributed by atoms with E-state index in [4.69, 9.17) is 5.26 Å². The van der Waals surface area contributed by atoms with Gasteiger partial charge in [0.1, 0.15) is 11.9 Å². The second-order valence-corrected chi connectivity index (χ2v) is 6.55. The molecule has 4 N–H and O–H groups in total. The minimum atomic E-state index is -0.839. The lowest BCUT2D eigenvalue weighted by Crippen LogP contribution is -2.46. The summed E-state index contributed by atoms with van der Waals surface area (Å²) in [6.45, 7) is 1.61. The summed E-state index contributed by atoms with van der Waals surface area (Å²) in [7, 11) is 0. The van der Waals surface area contributed by atoms with Crippen LogP contribution in [0.25, 0.3) is 10.9 Å². The summed E-state index contributed by atoms with van der Waals surface area (Å²) in [4.78, 5) is 25.0. The summed E-state index contributed by atoms with van der Waals surface area (Å²) < 4.78 is 13.7. The van der Waals surface area contributed by atoms with Gasteiger partial charge >= 0.3 is 6.03 Å². The van der Waals surface area contributed by atoms with Gasteiger partial charge in [-0.1, -0.05) is 6.07 Å². The van der Waals surface area contributed by atoms with E-state index >= 15 is 0 Å². The van der Waals surface area contributed by atoms with Gasteiger partial charge in [0.25, 0.3) is 5.91 Å². The molecule has 144 valence electrons. The van der Waals surface area contributed by atoms with E-state index in [1.807, 2.05) is 0 Å². The number of allylic oxidation sites excluding steroid dienone is 1. The van der Waals surface area contributed by atoms with Crippen molar-refractivity contribution in [2.75, 3.05) is 5.32 Å². The first-order chi connectivity index (χ1) is 14.0. The number of rotatable bonds is 3. The maximum Gasteiger partial charge on any atom is 0.319 e. The number of hydrogen-bond donors (Lipinski definition) is 4. The number of carbonyl (C=O) groups is 2. The second-order valence-electron chi connectivity index (χ2n) is 6.55. The van der Waals surface area contributed by atoms with Gasteiger partial charge in [-0.3, -0.25) is 9.89 Å². The first-order valence-electron chi connectivity index (χ1n) is 8.68. The number of aromatic nitrogens is 2. The standard InChI is InChI=1S/C20H15FN6O2/c1-10-17(19(28)25-14-3-5-16-13(7-14)9-23-27-16)18(26-20(29)24-10)11-2-4-15(21)12(6-11)8-22/h2-7,9,18H,1H3,(H,23,27)(H,25,28)(H2,24,26,29). The number of carbonyl (C=O) groups excluding carboxylic acids is 2. The molecule has 9 heteroatoms. The van der Waals surface area contributed by atoms with E-state index in [-0.39, 0.29) is 11.1 Å². The number of halogens is 1. The van der Waals surface area contributed by atoms with Crippen molar-refractivity contribution in [3.63, 3.8) is 0 Å². The number of H-pyrrole nitrogens is 1. The molecule has 0 spiro atoms. The molecule has 3 aromatic rings. The minimum absolute atomic E-state index is 0.168. The van der Waals surface area contributed by atoms with E-state index in [9.17, 15) is 14.0 Å². The molecule has 0 aliphatic carbocycles. The van der Waals surface area contributed by atoms with Gasteiger partial charge in [-0.2, -0.15) is 10.4 Å². The summed E-state index contributed by atoms with van der Waals surface area (Å²) in [5, 5.41) is 24.8. The fourth-order valence-corrected chi connectivity index (χ4v) is 3.27. The number of hydrogen-bond acceptors (Lipinski definition) is 4. The Balaban J connectivity index is 1.70. The highest BCUT2D eigenvalue weighted by molar-refractivity contribution is 6.07. The van der Waals surface area contributed by atoms with Crippen molar-refractivity contribution >= 4 is 28.5 Å². The molecular formula is C20H15FN6O2. The highest BCUT2D eigenvalue weighted by Gasteiger charge is 2.31. The van der Waals surface area contributed by atoms with Gasteiger partial charge in [0.2, 0.25) is 0 Å². The van der Waals surface area contributed by atoms with E-state index in [2.05, 4.69) is 26.1 Å². The lowest BCUT2D eigenvalue weighted by molar-refractivity contribution is -0.113. The number of nitrogens with one attached hydrogen (secondary N) is 4. The molecule has 1 aliphatic heterocycles. The molecule has 1 unspecified atom stereocenters. The van der Waals surface area contributed by atoms with Crippen LogP contribution in [-0.2, 0) is 4.79 Å². The van der Waals surface area contributed by atoms with Crippen molar-refractivity contribution in [3.8, 4) is 6.07 Å². The van der Waals surface area contributed by atoms with E-state index in [1.54, 1.807) is 37.4 Å². The zero-order chi connectivity index (χ0) is 20.5. The first-order valence-corrected chi connectivity index (χ1v) is 8.68. The smallest absolute Gasteiger partial charge is 0.319 e. The van der Waals surface area contributed by atoms with Crippen molar-refractivity contribution < 1.29 is 14.0 Å². The molecule has 0 bridgehead atoms. The van der Waals surface area contributed by atoms with Crippen LogP contribution >= 0.6 is 0 Å². The molecule has 8 nitrogen and oxygen atoms in total. The van der Waals surface area contributed by atoms with Crippen LogP contribution in [0.1, 0.15) is 24.1 Å². The Bertz CT molecular complexity index is 1220. The predicted octanol–water partition coefficient (Wildman–Crippen LogP) is 2.84. The first kappa shape index (κ1) is 18.2. The number of urea groups is 1. The molecule has 29 heavy (non-hydrogen) atoms. The predicted molar refractivity (Wildman–Crippen MR) is 103 cm³/mol. The van der Waals surface area contributed by atoms with Crippen LogP contribution in [-0.4, -0.2) is 22.1 Å². The molecule has 2 aromatic carbocycles. The molecule has 2 heterocycles. The SMILES string of the molecule is CC1=C(C(=O)Nc2ccc3[nH]ncc3c2)C(c2ccc(F)c(C#N)c2)NC(=O)N1. The van der Waals surface area contributed by atoms with Gasteiger partial charge < -0.3 is 16.0 Å². The largest absolute Gasteiger partial charge is 0.327 e. The highest BCUT2D eigenvalue weighted by Crippen LogP contribution is 2.29. The van der Waals surface area contributed by atoms with Gasteiger partial charge in [0.05, 0.1) is 28.9 Å². The Labute approximate surface area is 164 Å². The number of aromatic amines is 1. The molecule has 0 radical (unpaired) electrons. The monoisotopic (exact) mass is 390 g/mol. The Morgan fingerprint density at radius 1 is 1.28 bits per heavy atom. The third kappa shape index (κ3) is 3.39. The van der Waals surface area contributed by atoms with E-state index < -0.39 is 23.8 Å². The Hall–Kier alpha value is -4.19. The van der Waals surface area contributed by atoms with Crippen molar-refractivity contribution in [3.05, 3.63) is 70.8 Å². The number of amides is 3. The average molecular weight is 390 g/mol. The van der Waals surface area contributed by atoms with Crippen LogP contribution in [0.15, 0.2) is 53.9 Å². The van der Waals surface area contributed by atoms with Gasteiger partial charge in [-0.05, 0) is 42.8 Å². The Kier molecular flexibility index (Phi) is 4.44. The van der Waals surface area contributed by atoms with E-state index in [0.29, 0.717) is 16.9 Å². The quantitative estimate of drug-likeness (QED) is 0.549. The fourth-order valence-electron chi connectivity index (χ4n) is 3.27. The lowest BCUT2D eigenvalue weighted by atomic mass is 9.93. The number of nitrogens with zero attached hydrogens (tertiary/aromatic N) is 2. The van der Waals surface area contributed by atoms with Crippen molar-refractivity contribution in [2.24, 2.45) is 0 Å². The molecule has 1 atom stereocenters. The summed E-state index contributed by atoms with van der Waals surface area (Å²) in [5.41, 5.74) is 2.26. The highest BCUT2D eigenvalue weighted by atomic mass is 19.1. The molecule has 4 rings (SSSR count). The maximum absolute atomic E-state index is 13.7. The van der Waals surface area contributed by atoms with Gasteiger partial charge in [0, 0.05) is 16.8 Å². The van der Waals surface area contributed by atoms with Crippen molar-refractivity contribution in [1.29, 1.82) is 5.26 Å². The van der Waals surface area contributed by atoms with Gasteiger partial charge in [-0.15, -0.1) is 0 Å². The summed E-state index contributed by atoms with van der Waals surface area (Å²) in [6.07, 6.45) is 1.64. The molecule has 3 amide bonds. The Morgan fingerprint density at radius 2 is 2.10 bits per heavy atom. The molecule has 0 saturated carbocycles. The van der Waals surface area contributed by atoms with Crippen LogP contribution in [0.4, 0.5) is 14.9 Å². The van der Waals surface area contributed by atoms with Crippen LogP contribution in [0, 0.1) is 17.1 Å². The van der Waals surface area contributed by atoms with Crippen LogP contribution < -0.4 is 16.0 Å². The molecule has 1 aromatic heterocycles. The molecule has 0 saturated heterocycles. The molecule has 1 aliphatic rings. The topological polar surface area (TPSA) is 123 Å². The van der Waals surface area contributed by atoms with Gasteiger partial charge in [0.15, 0.2) is 0 Å². The maximum atomic E-state index is 13.7. The van der Waals surface area contributed by atoms with Gasteiger partial charge in [-0.25, -0.2) is 9.18 Å². The fraction of sp³-hybridized carbons (Fsp3) is 0.100. The van der Waals surface area contributed by atoms with E-state index in [0.717, 1.165) is 17.0 Å². The molecule has 0 fully saturated rings.